The molecule has 0 amide bonds. The van der Waals surface area contributed by atoms with E-state index in [9.17, 15) is 0 Å². The van der Waals surface area contributed by atoms with Gasteiger partial charge in [0.15, 0.2) is 0 Å². The van der Waals surface area contributed by atoms with E-state index < -0.39 is 0 Å². The molecule has 1 aliphatic rings. The topological polar surface area (TPSA) is 47.6 Å². The molecule has 0 aromatic rings. The number of hydrogen-bond donors (Lipinski definition) is 1. The minimum atomic E-state index is 0.564. The van der Waals surface area contributed by atoms with Crippen LogP contribution in [0, 0.1) is 0 Å². The van der Waals surface area contributed by atoms with Crippen LogP contribution in [0.1, 0.15) is 6.42 Å². The molecular formula is C7H11BrN2O. The molecule has 0 fully saturated rings. The van der Waals surface area contributed by atoms with Crippen molar-refractivity contribution in [1.82, 2.24) is 0 Å². The lowest BCUT2D eigenvalue weighted by Gasteiger charge is -2.00. The van der Waals surface area contributed by atoms with Gasteiger partial charge in [0.1, 0.15) is 0 Å². The second kappa shape index (κ2) is 4.51. The molecule has 1 rings (SSSR count). The van der Waals surface area contributed by atoms with Gasteiger partial charge in [-0.1, -0.05) is 0 Å². The van der Waals surface area contributed by atoms with Crippen molar-refractivity contribution in [3.8, 4) is 0 Å². The van der Waals surface area contributed by atoms with Crippen LogP contribution >= 0.6 is 15.9 Å². The number of rotatable bonds is 1. The summed E-state index contributed by atoms with van der Waals surface area (Å²) < 4.78 is 6.11. The molecule has 0 spiro atoms. The van der Waals surface area contributed by atoms with Crippen molar-refractivity contribution in [3.63, 3.8) is 0 Å². The summed E-state index contributed by atoms with van der Waals surface area (Å²) in [5.74, 6) is 0. The molecule has 0 atom stereocenters. The minimum absolute atomic E-state index is 0.564. The molecule has 0 saturated carbocycles. The van der Waals surface area contributed by atoms with Crippen LogP contribution in [0.3, 0.4) is 0 Å². The third-order valence-electron chi connectivity index (χ3n) is 1.41. The molecule has 62 valence electrons. The monoisotopic (exact) mass is 218 g/mol. The molecule has 0 aromatic heterocycles. The van der Waals surface area contributed by atoms with Crippen LogP contribution in [-0.4, -0.2) is 25.5 Å². The molecule has 0 saturated heterocycles. The van der Waals surface area contributed by atoms with Crippen molar-refractivity contribution >= 4 is 21.6 Å². The van der Waals surface area contributed by atoms with Crippen molar-refractivity contribution in [2.45, 2.75) is 6.42 Å². The Morgan fingerprint density at radius 3 is 3.27 bits per heavy atom. The summed E-state index contributed by atoms with van der Waals surface area (Å²) in [6.07, 6.45) is 2.49. The molecule has 1 heterocycles. The molecule has 0 radical (unpaired) electrons. The van der Waals surface area contributed by atoms with Gasteiger partial charge < -0.3 is 10.5 Å². The van der Waals surface area contributed by atoms with Gasteiger partial charge in [-0.25, -0.2) is 0 Å². The molecule has 0 bridgehead atoms. The van der Waals surface area contributed by atoms with Crippen LogP contribution in [0.15, 0.2) is 15.7 Å². The summed E-state index contributed by atoms with van der Waals surface area (Å²) in [4.78, 5) is 4.29. The van der Waals surface area contributed by atoms with E-state index in [1.54, 1.807) is 0 Å². The fraction of sp³-hybridized carbons (Fsp3) is 0.571. The predicted molar refractivity (Wildman–Crippen MR) is 48.9 cm³/mol. The Balaban J connectivity index is 2.60. The highest BCUT2D eigenvalue weighted by molar-refractivity contribution is 9.12. The van der Waals surface area contributed by atoms with E-state index >= 15 is 0 Å². The first-order valence-corrected chi connectivity index (χ1v) is 4.32. The Labute approximate surface area is 74.4 Å². The fourth-order valence-corrected chi connectivity index (χ4v) is 1.08. The number of aliphatic imine (C=N–C) groups is 1. The van der Waals surface area contributed by atoms with Crippen LogP contribution in [-0.2, 0) is 4.74 Å². The number of ether oxygens (including phenoxy) is 1. The smallest absolute Gasteiger partial charge is 0.0895 e. The molecule has 1 aliphatic heterocycles. The zero-order valence-electron chi connectivity index (χ0n) is 6.22. The van der Waals surface area contributed by atoms with Gasteiger partial charge >= 0.3 is 0 Å². The lowest BCUT2D eigenvalue weighted by Crippen LogP contribution is -2.08. The highest BCUT2D eigenvalue weighted by Crippen LogP contribution is 2.08. The predicted octanol–water partition coefficient (Wildman–Crippen LogP) is 1.04. The Morgan fingerprint density at radius 1 is 1.73 bits per heavy atom. The van der Waals surface area contributed by atoms with Gasteiger partial charge in [-0.2, -0.15) is 0 Å². The van der Waals surface area contributed by atoms with Crippen LogP contribution in [0.25, 0.3) is 0 Å². The third kappa shape index (κ3) is 2.63. The van der Waals surface area contributed by atoms with Gasteiger partial charge in [0.2, 0.25) is 0 Å². The van der Waals surface area contributed by atoms with Crippen LogP contribution in [0.2, 0.25) is 0 Å². The van der Waals surface area contributed by atoms with Crippen LogP contribution in [0.5, 0.6) is 0 Å². The Kier molecular flexibility index (Phi) is 3.59. The van der Waals surface area contributed by atoms with Crippen molar-refractivity contribution in [2.24, 2.45) is 10.7 Å². The largest absolute Gasteiger partial charge is 0.404 e. The molecule has 4 heteroatoms. The minimum Gasteiger partial charge on any atom is -0.404 e. The zero-order valence-corrected chi connectivity index (χ0v) is 7.80. The highest BCUT2D eigenvalue weighted by atomic mass is 79.9. The van der Waals surface area contributed by atoms with Gasteiger partial charge in [-0.05, 0) is 22.4 Å². The first-order chi connectivity index (χ1) is 5.34. The second-order valence-corrected chi connectivity index (χ2v) is 3.10. The summed E-state index contributed by atoms with van der Waals surface area (Å²) in [6, 6.07) is 0. The van der Waals surface area contributed by atoms with E-state index in [1.807, 2.05) is 0 Å². The summed E-state index contributed by atoms with van der Waals surface area (Å²) in [7, 11) is 0. The molecule has 0 unspecified atom stereocenters. The van der Waals surface area contributed by atoms with Gasteiger partial charge in [0.05, 0.1) is 16.8 Å². The average molecular weight is 219 g/mol. The standard InChI is InChI=1S/C7H11BrN2O/c8-6(4-9)7-5-11-3-1-2-10-7/h4H,1-3,5,9H2. The third-order valence-corrected chi connectivity index (χ3v) is 2.13. The van der Waals surface area contributed by atoms with E-state index in [4.69, 9.17) is 10.5 Å². The molecule has 2 N–H and O–H groups in total. The molecule has 0 aromatic carbocycles. The molecule has 3 nitrogen and oxygen atoms in total. The quantitative estimate of drug-likeness (QED) is 0.716. The lowest BCUT2D eigenvalue weighted by molar-refractivity contribution is 0.176. The van der Waals surface area contributed by atoms with Crippen molar-refractivity contribution in [1.29, 1.82) is 0 Å². The lowest BCUT2D eigenvalue weighted by atomic mass is 10.4. The number of nitrogens with two attached hydrogens (primary N) is 1. The average Bonchev–Trinajstić information content (AvgIpc) is 2.30. The van der Waals surface area contributed by atoms with Gasteiger partial charge in [-0.3, -0.25) is 4.99 Å². The van der Waals surface area contributed by atoms with Gasteiger partial charge in [0.25, 0.3) is 0 Å². The van der Waals surface area contributed by atoms with Crippen molar-refractivity contribution < 1.29 is 4.74 Å². The van der Waals surface area contributed by atoms with Gasteiger partial charge in [-0.15, -0.1) is 0 Å². The first-order valence-electron chi connectivity index (χ1n) is 3.53. The van der Waals surface area contributed by atoms with Crippen molar-refractivity contribution in [2.75, 3.05) is 19.8 Å². The molecule has 0 aliphatic carbocycles. The maximum Gasteiger partial charge on any atom is 0.0895 e. The molecular weight excluding hydrogens is 208 g/mol. The Morgan fingerprint density at radius 2 is 2.55 bits per heavy atom. The van der Waals surface area contributed by atoms with E-state index in [0.717, 1.165) is 29.8 Å². The number of halogens is 1. The molecule has 11 heavy (non-hydrogen) atoms. The highest BCUT2D eigenvalue weighted by Gasteiger charge is 2.06. The normalized spacial score (nSPS) is 20.8. The summed E-state index contributed by atoms with van der Waals surface area (Å²) >= 11 is 3.30. The van der Waals surface area contributed by atoms with E-state index in [0.29, 0.717) is 6.61 Å². The number of hydrogen-bond acceptors (Lipinski definition) is 3. The summed E-state index contributed by atoms with van der Waals surface area (Å²) in [5, 5.41) is 0. The Hall–Kier alpha value is -0.350. The maximum absolute atomic E-state index is 5.31. The summed E-state index contributed by atoms with van der Waals surface area (Å²) in [6.45, 7) is 2.18. The van der Waals surface area contributed by atoms with Gasteiger partial charge in [0, 0.05) is 19.4 Å². The summed E-state index contributed by atoms with van der Waals surface area (Å²) in [5.41, 5.74) is 6.22. The van der Waals surface area contributed by atoms with Crippen LogP contribution < -0.4 is 5.73 Å². The number of nitrogens with zero attached hydrogens (tertiary/aromatic N) is 1. The van der Waals surface area contributed by atoms with E-state index in [2.05, 4.69) is 20.9 Å². The first kappa shape index (κ1) is 8.74. The maximum atomic E-state index is 5.31. The Bertz CT molecular complexity index is 189. The second-order valence-electron chi connectivity index (χ2n) is 2.25. The van der Waals surface area contributed by atoms with Crippen LogP contribution in [0.4, 0.5) is 0 Å². The van der Waals surface area contributed by atoms with Crippen molar-refractivity contribution in [3.05, 3.63) is 10.7 Å². The van der Waals surface area contributed by atoms with E-state index in [1.165, 1.54) is 6.20 Å². The fourth-order valence-electron chi connectivity index (χ4n) is 0.836. The SMILES string of the molecule is NC=C(Br)C1=NCCCOC1. The zero-order chi connectivity index (χ0) is 8.10. The van der Waals surface area contributed by atoms with E-state index in [-0.39, 0.29) is 0 Å².